The van der Waals surface area contributed by atoms with Crippen LogP contribution in [0.5, 0.6) is 0 Å². The van der Waals surface area contributed by atoms with E-state index in [-0.39, 0.29) is 0 Å². The van der Waals surface area contributed by atoms with Crippen LogP contribution in [0.3, 0.4) is 0 Å². The molecule has 2 rings (SSSR count). The number of anilines is 1. The first-order valence-electron chi connectivity index (χ1n) is 5.47. The maximum atomic E-state index is 5.50. The highest BCUT2D eigenvalue weighted by Crippen LogP contribution is 2.14. The average Bonchev–Trinajstić information content (AvgIpc) is 2.68. The number of hydrogen-bond acceptors (Lipinski definition) is 4. The van der Waals surface area contributed by atoms with E-state index in [0.717, 1.165) is 44.1 Å². The molecule has 1 saturated heterocycles. The van der Waals surface area contributed by atoms with Gasteiger partial charge in [0.05, 0.1) is 0 Å². The topological polar surface area (TPSA) is 61.2 Å². The van der Waals surface area contributed by atoms with Crippen LogP contribution in [0.2, 0.25) is 0 Å². The van der Waals surface area contributed by atoms with E-state index < -0.39 is 0 Å². The molecule has 1 aliphatic rings. The smallest absolute Gasteiger partial charge is 0.150 e. The van der Waals surface area contributed by atoms with Crippen molar-refractivity contribution in [2.75, 3.05) is 44.7 Å². The highest BCUT2D eigenvalue weighted by molar-refractivity contribution is 5.39. The Bertz CT molecular complexity index is 301. The predicted octanol–water partition coefficient (Wildman–Crippen LogP) is -0.337. The highest BCUT2D eigenvalue weighted by Gasteiger charge is 2.16. The Kier molecular flexibility index (Phi) is 3.23. The summed E-state index contributed by atoms with van der Waals surface area (Å²) in [5, 5.41) is 7.34. The summed E-state index contributed by atoms with van der Waals surface area (Å²) in [6, 6.07) is 2.11. The maximum absolute atomic E-state index is 5.50. The van der Waals surface area contributed by atoms with E-state index >= 15 is 0 Å². The molecule has 2 heterocycles. The molecule has 1 aromatic heterocycles. The lowest BCUT2D eigenvalue weighted by molar-refractivity contribution is 0.312. The molecule has 5 heteroatoms. The van der Waals surface area contributed by atoms with Gasteiger partial charge in [-0.05, 0) is 13.6 Å². The number of H-pyrrole nitrogens is 1. The SMILES string of the molecule is CN1CCN(c2cc(CCN)[nH]n2)CC1. The zero-order chi connectivity index (χ0) is 10.7. The summed E-state index contributed by atoms with van der Waals surface area (Å²) in [6.45, 7) is 5.01. The van der Waals surface area contributed by atoms with Crippen LogP contribution in [0.25, 0.3) is 0 Å². The highest BCUT2D eigenvalue weighted by atomic mass is 15.3. The minimum absolute atomic E-state index is 0.671. The second kappa shape index (κ2) is 4.63. The van der Waals surface area contributed by atoms with E-state index in [1.165, 1.54) is 0 Å². The Balaban J connectivity index is 1.96. The normalized spacial score (nSPS) is 18.4. The average molecular weight is 209 g/mol. The van der Waals surface area contributed by atoms with Gasteiger partial charge in [0, 0.05) is 44.4 Å². The zero-order valence-corrected chi connectivity index (χ0v) is 9.24. The summed E-state index contributed by atoms with van der Waals surface area (Å²) in [5.41, 5.74) is 6.63. The molecular weight excluding hydrogens is 190 g/mol. The number of rotatable bonds is 3. The van der Waals surface area contributed by atoms with Gasteiger partial charge in [-0.3, -0.25) is 5.10 Å². The number of piperazine rings is 1. The molecule has 1 aliphatic heterocycles. The molecule has 5 nitrogen and oxygen atoms in total. The van der Waals surface area contributed by atoms with Crippen molar-refractivity contribution in [2.24, 2.45) is 5.73 Å². The largest absolute Gasteiger partial charge is 0.353 e. The van der Waals surface area contributed by atoms with Gasteiger partial charge >= 0.3 is 0 Å². The molecule has 0 aliphatic carbocycles. The van der Waals surface area contributed by atoms with E-state index in [1.807, 2.05) is 0 Å². The molecule has 0 saturated carbocycles. The molecule has 0 radical (unpaired) electrons. The van der Waals surface area contributed by atoms with E-state index in [2.05, 4.69) is 33.1 Å². The van der Waals surface area contributed by atoms with Crippen molar-refractivity contribution in [2.45, 2.75) is 6.42 Å². The first-order valence-corrected chi connectivity index (χ1v) is 5.47. The van der Waals surface area contributed by atoms with Crippen molar-refractivity contribution in [3.8, 4) is 0 Å². The Hall–Kier alpha value is -1.07. The van der Waals surface area contributed by atoms with Crippen LogP contribution in [0.15, 0.2) is 6.07 Å². The van der Waals surface area contributed by atoms with Crippen molar-refractivity contribution in [1.82, 2.24) is 15.1 Å². The molecule has 0 amide bonds. The number of hydrogen-bond donors (Lipinski definition) is 2. The molecule has 1 fully saturated rings. The fourth-order valence-corrected chi connectivity index (χ4v) is 1.83. The van der Waals surface area contributed by atoms with Crippen LogP contribution in [0, 0.1) is 0 Å². The van der Waals surface area contributed by atoms with Gasteiger partial charge in [0.1, 0.15) is 0 Å². The van der Waals surface area contributed by atoms with Crippen molar-refractivity contribution < 1.29 is 0 Å². The number of likely N-dealkylation sites (N-methyl/N-ethyl adjacent to an activating group) is 1. The Labute approximate surface area is 90.2 Å². The van der Waals surface area contributed by atoms with Crippen molar-refractivity contribution in [1.29, 1.82) is 0 Å². The van der Waals surface area contributed by atoms with Gasteiger partial charge in [-0.2, -0.15) is 5.10 Å². The summed E-state index contributed by atoms with van der Waals surface area (Å²) in [6.07, 6.45) is 0.876. The molecule has 0 bridgehead atoms. The van der Waals surface area contributed by atoms with Crippen LogP contribution >= 0.6 is 0 Å². The number of aromatic nitrogens is 2. The molecular formula is C10H19N5. The fraction of sp³-hybridized carbons (Fsp3) is 0.700. The van der Waals surface area contributed by atoms with Gasteiger partial charge in [-0.1, -0.05) is 0 Å². The Morgan fingerprint density at radius 1 is 1.40 bits per heavy atom. The predicted molar refractivity (Wildman–Crippen MR) is 61.1 cm³/mol. The third kappa shape index (κ3) is 2.49. The monoisotopic (exact) mass is 209 g/mol. The Morgan fingerprint density at radius 3 is 2.80 bits per heavy atom. The van der Waals surface area contributed by atoms with E-state index in [9.17, 15) is 0 Å². The van der Waals surface area contributed by atoms with Gasteiger partial charge in [0.25, 0.3) is 0 Å². The number of nitrogens with one attached hydrogen (secondary N) is 1. The third-order valence-corrected chi connectivity index (χ3v) is 2.86. The fourth-order valence-electron chi connectivity index (χ4n) is 1.83. The van der Waals surface area contributed by atoms with Gasteiger partial charge in [0.15, 0.2) is 5.82 Å². The molecule has 0 unspecified atom stereocenters. The first kappa shape index (κ1) is 10.4. The van der Waals surface area contributed by atoms with Gasteiger partial charge in [-0.15, -0.1) is 0 Å². The number of aromatic amines is 1. The lowest BCUT2D eigenvalue weighted by Crippen LogP contribution is -2.44. The molecule has 3 N–H and O–H groups in total. The minimum atomic E-state index is 0.671. The number of nitrogens with zero attached hydrogens (tertiary/aromatic N) is 3. The minimum Gasteiger partial charge on any atom is -0.353 e. The first-order chi connectivity index (χ1) is 7.29. The van der Waals surface area contributed by atoms with Crippen molar-refractivity contribution >= 4 is 5.82 Å². The zero-order valence-electron chi connectivity index (χ0n) is 9.24. The van der Waals surface area contributed by atoms with Crippen molar-refractivity contribution in [3.63, 3.8) is 0 Å². The lowest BCUT2D eigenvalue weighted by Gasteiger charge is -2.32. The van der Waals surface area contributed by atoms with Crippen LogP contribution in [-0.4, -0.2) is 54.9 Å². The lowest BCUT2D eigenvalue weighted by atomic mass is 10.3. The summed E-state index contributed by atoms with van der Waals surface area (Å²) in [4.78, 5) is 4.65. The molecule has 84 valence electrons. The summed E-state index contributed by atoms with van der Waals surface area (Å²) in [5.74, 6) is 1.06. The Morgan fingerprint density at radius 2 is 2.13 bits per heavy atom. The molecule has 15 heavy (non-hydrogen) atoms. The second-order valence-corrected chi connectivity index (χ2v) is 4.08. The van der Waals surface area contributed by atoms with E-state index in [4.69, 9.17) is 5.73 Å². The third-order valence-electron chi connectivity index (χ3n) is 2.86. The summed E-state index contributed by atoms with van der Waals surface area (Å²) in [7, 11) is 2.15. The van der Waals surface area contributed by atoms with E-state index in [1.54, 1.807) is 0 Å². The van der Waals surface area contributed by atoms with Gasteiger partial charge < -0.3 is 15.5 Å². The summed E-state index contributed by atoms with van der Waals surface area (Å²) >= 11 is 0. The maximum Gasteiger partial charge on any atom is 0.150 e. The summed E-state index contributed by atoms with van der Waals surface area (Å²) < 4.78 is 0. The van der Waals surface area contributed by atoms with Crippen LogP contribution < -0.4 is 10.6 Å². The molecule has 0 spiro atoms. The van der Waals surface area contributed by atoms with Crippen LogP contribution in [0.4, 0.5) is 5.82 Å². The standard InChI is InChI=1S/C10H19N5/c1-14-4-6-15(7-5-14)10-8-9(2-3-11)12-13-10/h8H,2-7,11H2,1H3,(H,12,13). The van der Waals surface area contributed by atoms with Gasteiger partial charge in [0.2, 0.25) is 0 Å². The molecule has 0 atom stereocenters. The number of nitrogens with two attached hydrogens (primary N) is 1. The molecule has 0 aromatic carbocycles. The van der Waals surface area contributed by atoms with Crippen LogP contribution in [-0.2, 0) is 6.42 Å². The van der Waals surface area contributed by atoms with Crippen molar-refractivity contribution in [3.05, 3.63) is 11.8 Å². The van der Waals surface area contributed by atoms with Crippen LogP contribution in [0.1, 0.15) is 5.69 Å². The van der Waals surface area contributed by atoms with E-state index in [0.29, 0.717) is 6.54 Å². The second-order valence-electron chi connectivity index (χ2n) is 4.08. The quantitative estimate of drug-likeness (QED) is 0.715. The van der Waals surface area contributed by atoms with Gasteiger partial charge in [-0.25, -0.2) is 0 Å². The molecule has 1 aromatic rings.